The van der Waals surface area contributed by atoms with E-state index in [4.69, 9.17) is 0 Å². The topological polar surface area (TPSA) is 127 Å². The Hall–Kier alpha value is -4.77. The van der Waals surface area contributed by atoms with Crippen LogP contribution in [0, 0.1) is 24.0 Å². The number of benzene rings is 3. The second kappa shape index (κ2) is 11.1. The third-order valence-corrected chi connectivity index (χ3v) is 7.63. The second-order valence-corrected chi connectivity index (χ2v) is 10.3. The maximum absolute atomic E-state index is 13.4. The first kappa shape index (κ1) is 26.3. The number of para-hydroxylation sites is 1. The minimum atomic E-state index is -4.15. The van der Waals surface area contributed by atoms with Gasteiger partial charge in [-0.2, -0.15) is 5.10 Å². The van der Waals surface area contributed by atoms with Crippen LogP contribution in [0.2, 0.25) is 0 Å². The van der Waals surface area contributed by atoms with E-state index in [0.29, 0.717) is 0 Å². The SMILES string of the molecule is Cc1cc(/C=N/NC(=O)CN(c2ccc([N+](=O)[O-])cc2)S(=O)(=O)c2ccccc2)c(C)n1-c1ccccc1. The Balaban J connectivity index is 1.56. The highest BCUT2D eigenvalue weighted by Gasteiger charge is 2.27. The van der Waals surface area contributed by atoms with Gasteiger partial charge in [0.1, 0.15) is 6.54 Å². The van der Waals surface area contributed by atoms with Crippen molar-refractivity contribution in [2.24, 2.45) is 5.10 Å². The number of non-ortho nitro benzene ring substituents is 1. The Kier molecular flexibility index (Phi) is 7.68. The van der Waals surface area contributed by atoms with E-state index < -0.39 is 27.4 Å². The maximum atomic E-state index is 13.4. The van der Waals surface area contributed by atoms with Gasteiger partial charge in [-0.25, -0.2) is 13.8 Å². The number of carbonyl (C=O) groups excluding carboxylic acids is 1. The molecule has 1 amide bonds. The lowest BCUT2D eigenvalue weighted by atomic mass is 10.2. The van der Waals surface area contributed by atoms with Gasteiger partial charge in [-0.15, -0.1) is 0 Å². The minimum absolute atomic E-state index is 0.0250. The van der Waals surface area contributed by atoms with Crippen molar-refractivity contribution in [2.75, 3.05) is 10.8 Å². The summed E-state index contributed by atoms with van der Waals surface area (Å²) in [6.45, 7) is 3.31. The largest absolute Gasteiger partial charge is 0.318 e. The number of hydrogen-bond acceptors (Lipinski definition) is 6. The van der Waals surface area contributed by atoms with E-state index in [1.54, 1.807) is 18.2 Å². The molecular formula is C27H25N5O5S. The number of anilines is 1. The van der Waals surface area contributed by atoms with Gasteiger partial charge in [-0.3, -0.25) is 19.2 Å². The molecule has 1 aromatic heterocycles. The van der Waals surface area contributed by atoms with Crippen molar-refractivity contribution in [3.05, 3.63) is 118 Å². The highest BCUT2D eigenvalue weighted by Crippen LogP contribution is 2.26. The maximum Gasteiger partial charge on any atom is 0.269 e. The van der Waals surface area contributed by atoms with Crippen molar-refractivity contribution in [3.63, 3.8) is 0 Å². The molecule has 11 heteroatoms. The standard InChI is InChI=1S/C27H25N5O5S/c1-20-17-22(21(2)31(20)24-9-5-3-6-10-24)18-28-29-27(33)19-30(23-13-15-25(16-14-23)32(34)35)38(36,37)26-11-7-4-8-12-26/h3-18H,19H2,1-2H3,(H,29,33)/b28-18+. The van der Waals surface area contributed by atoms with Crippen molar-refractivity contribution < 1.29 is 18.1 Å². The predicted octanol–water partition coefficient (Wildman–Crippen LogP) is 4.35. The molecule has 0 bridgehead atoms. The average Bonchev–Trinajstić information content (AvgIpc) is 3.20. The molecule has 1 heterocycles. The third kappa shape index (κ3) is 5.62. The molecule has 0 spiro atoms. The summed E-state index contributed by atoms with van der Waals surface area (Å²) < 4.78 is 29.7. The fourth-order valence-electron chi connectivity index (χ4n) is 4.01. The van der Waals surface area contributed by atoms with Gasteiger partial charge in [0.15, 0.2) is 0 Å². The average molecular weight is 532 g/mol. The van der Waals surface area contributed by atoms with E-state index in [1.807, 2.05) is 50.2 Å². The van der Waals surface area contributed by atoms with Gasteiger partial charge in [-0.1, -0.05) is 36.4 Å². The quantitative estimate of drug-likeness (QED) is 0.195. The Morgan fingerprint density at radius 3 is 2.21 bits per heavy atom. The molecule has 194 valence electrons. The van der Waals surface area contributed by atoms with E-state index in [0.717, 1.165) is 26.9 Å². The lowest BCUT2D eigenvalue weighted by Crippen LogP contribution is -2.39. The highest BCUT2D eigenvalue weighted by molar-refractivity contribution is 7.92. The zero-order chi connectivity index (χ0) is 27.3. The highest BCUT2D eigenvalue weighted by atomic mass is 32.2. The van der Waals surface area contributed by atoms with E-state index in [2.05, 4.69) is 15.1 Å². The predicted molar refractivity (Wildman–Crippen MR) is 145 cm³/mol. The zero-order valence-corrected chi connectivity index (χ0v) is 21.5. The molecule has 0 unspecified atom stereocenters. The van der Waals surface area contributed by atoms with Gasteiger partial charge < -0.3 is 4.57 Å². The molecular weight excluding hydrogens is 506 g/mol. The van der Waals surface area contributed by atoms with Gasteiger partial charge in [0.25, 0.3) is 21.6 Å². The van der Waals surface area contributed by atoms with Gasteiger partial charge in [0, 0.05) is 34.8 Å². The normalized spacial score (nSPS) is 11.4. The van der Waals surface area contributed by atoms with Gasteiger partial charge in [0.2, 0.25) is 0 Å². The molecule has 0 radical (unpaired) electrons. The van der Waals surface area contributed by atoms with E-state index in [9.17, 15) is 23.3 Å². The molecule has 3 aromatic carbocycles. The van der Waals surface area contributed by atoms with Crippen LogP contribution in [0.5, 0.6) is 0 Å². The Bertz CT molecular complexity index is 1580. The molecule has 0 fully saturated rings. The molecule has 38 heavy (non-hydrogen) atoms. The number of aromatic nitrogens is 1. The first-order valence-electron chi connectivity index (χ1n) is 11.6. The number of carbonyl (C=O) groups is 1. The zero-order valence-electron chi connectivity index (χ0n) is 20.7. The number of rotatable bonds is 9. The molecule has 4 aromatic rings. The number of nitrogens with zero attached hydrogens (tertiary/aromatic N) is 4. The molecule has 0 aliphatic carbocycles. The summed E-state index contributed by atoms with van der Waals surface area (Å²) in [6, 6.07) is 24.3. The van der Waals surface area contributed by atoms with Gasteiger partial charge >= 0.3 is 0 Å². The summed E-state index contributed by atoms with van der Waals surface area (Å²) in [5.41, 5.74) is 5.98. The van der Waals surface area contributed by atoms with Crippen LogP contribution >= 0.6 is 0 Å². The first-order chi connectivity index (χ1) is 18.2. The minimum Gasteiger partial charge on any atom is -0.318 e. The van der Waals surface area contributed by atoms with Crippen LogP contribution in [0.1, 0.15) is 17.0 Å². The smallest absolute Gasteiger partial charge is 0.269 e. The van der Waals surface area contributed by atoms with E-state index in [1.165, 1.54) is 42.6 Å². The second-order valence-electron chi connectivity index (χ2n) is 8.39. The van der Waals surface area contributed by atoms with Crippen LogP contribution in [-0.2, 0) is 14.8 Å². The summed E-state index contributed by atoms with van der Waals surface area (Å²) in [5, 5.41) is 15.1. The van der Waals surface area contributed by atoms with Crippen molar-refractivity contribution in [3.8, 4) is 5.69 Å². The number of nitrogens with one attached hydrogen (secondary N) is 1. The Labute approximate surface area is 220 Å². The first-order valence-corrected chi connectivity index (χ1v) is 13.0. The molecule has 0 saturated heterocycles. The van der Waals surface area contributed by atoms with Crippen molar-refractivity contribution in [1.82, 2.24) is 9.99 Å². The van der Waals surface area contributed by atoms with Crippen molar-refractivity contribution in [2.45, 2.75) is 18.7 Å². The number of nitro benzene ring substituents is 1. The van der Waals surface area contributed by atoms with Crippen LogP contribution in [0.25, 0.3) is 5.69 Å². The third-order valence-electron chi connectivity index (χ3n) is 5.84. The fourth-order valence-corrected chi connectivity index (χ4v) is 5.45. The molecule has 0 saturated carbocycles. The van der Waals surface area contributed by atoms with Crippen LogP contribution in [0.15, 0.2) is 101 Å². The number of nitro groups is 1. The summed E-state index contributed by atoms with van der Waals surface area (Å²) in [4.78, 5) is 23.2. The summed E-state index contributed by atoms with van der Waals surface area (Å²) >= 11 is 0. The Morgan fingerprint density at radius 1 is 1.00 bits per heavy atom. The van der Waals surface area contributed by atoms with E-state index >= 15 is 0 Å². The fraction of sp³-hybridized carbons (Fsp3) is 0.111. The summed E-state index contributed by atoms with van der Waals surface area (Å²) in [5.74, 6) is -0.684. The van der Waals surface area contributed by atoms with Gasteiger partial charge in [-0.05, 0) is 56.3 Å². The van der Waals surface area contributed by atoms with Crippen LogP contribution in [0.3, 0.4) is 0 Å². The summed E-state index contributed by atoms with van der Waals surface area (Å²) in [7, 11) is -4.15. The van der Waals surface area contributed by atoms with Crippen LogP contribution in [0.4, 0.5) is 11.4 Å². The summed E-state index contributed by atoms with van der Waals surface area (Å²) in [6.07, 6.45) is 1.50. The lowest BCUT2D eigenvalue weighted by molar-refractivity contribution is -0.384. The van der Waals surface area contributed by atoms with Crippen LogP contribution in [-0.4, -0.2) is 36.6 Å². The number of aryl methyl sites for hydroxylation is 1. The molecule has 0 aliphatic heterocycles. The van der Waals surface area contributed by atoms with Crippen molar-refractivity contribution >= 4 is 33.5 Å². The number of hydrazone groups is 1. The number of sulfonamides is 1. The molecule has 4 rings (SSSR count). The number of amides is 1. The molecule has 0 aliphatic rings. The molecule has 1 N–H and O–H groups in total. The molecule has 10 nitrogen and oxygen atoms in total. The van der Waals surface area contributed by atoms with Gasteiger partial charge in [0.05, 0.1) is 21.7 Å². The van der Waals surface area contributed by atoms with Crippen LogP contribution < -0.4 is 9.73 Å². The number of hydrogen-bond donors (Lipinski definition) is 1. The lowest BCUT2D eigenvalue weighted by Gasteiger charge is -2.23. The van der Waals surface area contributed by atoms with E-state index in [-0.39, 0.29) is 16.3 Å². The Morgan fingerprint density at radius 2 is 1.61 bits per heavy atom. The van der Waals surface area contributed by atoms with Crippen molar-refractivity contribution in [1.29, 1.82) is 0 Å². The molecule has 0 atom stereocenters. The monoisotopic (exact) mass is 531 g/mol.